The van der Waals surface area contributed by atoms with Crippen LogP contribution in [0.15, 0.2) is 28.8 Å². The van der Waals surface area contributed by atoms with Crippen molar-refractivity contribution < 1.29 is 19.5 Å². The molecule has 3 aromatic rings. The molecule has 0 aliphatic rings. The molecule has 0 fully saturated rings. The lowest BCUT2D eigenvalue weighted by molar-refractivity contribution is 0.0534. The lowest BCUT2D eigenvalue weighted by Crippen LogP contribution is -2.21. The first-order chi connectivity index (χ1) is 13.4. The Morgan fingerprint density at radius 3 is 2.61 bits per heavy atom. The summed E-state index contributed by atoms with van der Waals surface area (Å²) in [4.78, 5) is 8.95. The maximum absolute atomic E-state index is 9.45. The molecule has 8 heteroatoms. The number of aliphatic hydroxyl groups is 2. The van der Waals surface area contributed by atoms with Crippen LogP contribution >= 0.6 is 11.6 Å². The van der Waals surface area contributed by atoms with Gasteiger partial charge in [0.15, 0.2) is 0 Å². The molecule has 7 nitrogen and oxygen atoms in total. The molecule has 0 radical (unpaired) electrons. The van der Waals surface area contributed by atoms with Crippen molar-refractivity contribution in [1.82, 2.24) is 15.1 Å². The van der Waals surface area contributed by atoms with Crippen LogP contribution in [0.3, 0.4) is 0 Å². The van der Waals surface area contributed by atoms with Gasteiger partial charge in [0, 0.05) is 22.5 Å². The minimum atomic E-state index is -0.966. The van der Waals surface area contributed by atoms with Crippen LogP contribution < -0.4 is 4.74 Å². The van der Waals surface area contributed by atoms with Crippen LogP contribution in [-0.2, 0) is 6.42 Å². The molecule has 0 unspecified atom stereocenters. The van der Waals surface area contributed by atoms with Crippen molar-refractivity contribution >= 4 is 11.6 Å². The van der Waals surface area contributed by atoms with Crippen LogP contribution in [-0.4, -0.2) is 44.7 Å². The normalized spacial score (nSPS) is 12.2. The number of aryl methyl sites for hydroxylation is 3. The number of aliphatic hydroxyl groups excluding tert-OH is 2. The van der Waals surface area contributed by atoms with Gasteiger partial charge in [-0.05, 0) is 50.1 Å². The molecule has 1 atom stereocenters. The number of benzene rings is 1. The van der Waals surface area contributed by atoms with Crippen LogP contribution in [0.2, 0.25) is 5.02 Å². The molecule has 0 aliphatic heterocycles. The summed E-state index contributed by atoms with van der Waals surface area (Å²) in [6.07, 6.45) is -0.150. The van der Waals surface area contributed by atoms with E-state index < -0.39 is 6.10 Å². The van der Waals surface area contributed by atoms with E-state index in [1.54, 1.807) is 6.07 Å². The van der Waals surface area contributed by atoms with Crippen LogP contribution in [0.4, 0.5) is 0 Å². The average molecular weight is 404 g/mol. The van der Waals surface area contributed by atoms with Crippen molar-refractivity contribution in [2.45, 2.75) is 33.3 Å². The summed E-state index contributed by atoms with van der Waals surface area (Å²) < 4.78 is 11.0. The second kappa shape index (κ2) is 8.68. The highest BCUT2D eigenvalue weighted by molar-refractivity contribution is 6.32. The Hall–Kier alpha value is -2.48. The van der Waals surface area contributed by atoms with E-state index in [4.69, 9.17) is 26.0 Å². The molecule has 28 heavy (non-hydrogen) atoms. The van der Waals surface area contributed by atoms with E-state index in [-0.39, 0.29) is 13.2 Å². The highest BCUT2D eigenvalue weighted by Crippen LogP contribution is 2.34. The first-order valence-corrected chi connectivity index (χ1v) is 9.33. The summed E-state index contributed by atoms with van der Waals surface area (Å²) in [6, 6.07) is 7.35. The number of rotatable bonds is 7. The Labute approximate surface area is 168 Å². The van der Waals surface area contributed by atoms with Crippen molar-refractivity contribution in [3.05, 3.63) is 46.2 Å². The van der Waals surface area contributed by atoms with Crippen molar-refractivity contribution in [3.8, 4) is 28.6 Å². The molecule has 0 saturated carbocycles. The number of ether oxygens (including phenoxy) is 1. The lowest BCUT2D eigenvalue weighted by Gasteiger charge is -2.14. The highest BCUT2D eigenvalue weighted by Gasteiger charge is 2.16. The Morgan fingerprint density at radius 2 is 1.93 bits per heavy atom. The summed E-state index contributed by atoms with van der Waals surface area (Å²) >= 11 is 6.33. The Morgan fingerprint density at radius 1 is 1.14 bits per heavy atom. The third-order valence-corrected chi connectivity index (χ3v) is 4.44. The fourth-order valence-corrected chi connectivity index (χ4v) is 3.10. The summed E-state index contributed by atoms with van der Waals surface area (Å²) in [5.41, 5.74) is 4.12. The minimum Gasteiger partial charge on any atom is -0.489 e. The first-order valence-electron chi connectivity index (χ1n) is 8.95. The number of halogens is 1. The average Bonchev–Trinajstić information content (AvgIpc) is 3.16. The van der Waals surface area contributed by atoms with Gasteiger partial charge in [0.05, 0.1) is 11.6 Å². The fraction of sp³-hybridized carbons (Fsp3) is 0.350. The lowest BCUT2D eigenvalue weighted by atomic mass is 10.1. The molecule has 0 aliphatic carbocycles. The van der Waals surface area contributed by atoms with Gasteiger partial charge in [0.25, 0.3) is 5.89 Å². The van der Waals surface area contributed by atoms with Crippen molar-refractivity contribution in [3.63, 3.8) is 0 Å². The fourth-order valence-electron chi connectivity index (χ4n) is 2.77. The molecule has 0 spiro atoms. The number of hydrogen-bond donors (Lipinski definition) is 2. The number of nitrogens with zero attached hydrogens (tertiary/aromatic N) is 3. The zero-order chi connectivity index (χ0) is 20.3. The van der Waals surface area contributed by atoms with E-state index in [9.17, 15) is 5.11 Å². The molecular formula is C20H22ClN3O4. The molecule has 0 bridgehead atoms. The van der Waals surface area contributed by atoms with E-state index >= 15 is 0 Å². The monoisotopic (exact) mass is 403 g/mol. The van der Waals surface area contributed by atoms with Crippen LogP contribution in [0.5, 0.6) is 5.75 Å². The molecule has 3 rings (SSSR count). The van der Waals surface area contributed by atoms with Gasteiger partial charge in [-0.15, -0.1) is 0 Å². The van der Waals surface area contributed by atoms with Gasteiger partial charge in [0.2, 0.25) is 5.82 Å². The van der Waals surface area contributed by atoms with Gasteiger partial charge in [-0.2, -0.15) is 4.98 Å². The maximum Gasteiger partial charge on any atom is 0.258 e. The van der Waals surface area contributed by atoms with E-state index in [0.717, 1.165) is 28.9 Å². The van der Waals surface area contributed by atoms with Gasteiger partial charge in [-0.25, -0.2) is 0 Å². The van der Waals surface area contributed by atoms with Crippen LogP contribution in [0, 0.1) is 13.8 Å². The van der Waals surface area contributed by atoms with Gasteiger partial charge in [-0.1, -0.05) is 23.7 Å². The molecule has 0 amide bonds. The molecular weight excluding hydrogens is 382 g/mol. The van der Waals surface area contributed by atoms with E-state index in [1.165, 1.54) is 0 Å². The number of pyridine rings is 1. The first kappa shape index (κ1) is 20.3. The second-order valence-electron chi connectivity index (χ2n) is 6.52. The SMILES string of the molecule is CCc1cc(-c2nc(-c3cc(C)c(OC[C@@H](O)CO)c(Cl)c3)no2)cc(C)n1. The zero-order valence-electron chi connectivity index (χ0n) is 15.9. The summed E-state index contributed by atoms with van der Waals surface area (Å²) in [5.74, 6) is 1.27. The Kier molecular flexibility index (Phi) is 6.28. The van der Waals surface area contributed by atoms with Gasteiger partial charge >= 0.3 is 0 Å². The van der Waals surface area contributed by atoms with Crippen molar-refractivity contribution in [1.29, 1.82) is 0 Å². The second-order valence-corrected chi connectivity index (χ2v) is 6.92. The summed E-state index contributed by atoms with van der Waals surface area (Å²) in [5, 5.41) is 22.8. The Bertz CT molecular complexity index is 951. The molecule has 0 saturated heterocycles. The topological polar surface area (TPSA) is 102 Å². The third kappa shape index (κ3) is 4.49. The molecule has 2 aromatic heterocycles. The summed E-state index contributed by atoms with van der Waals surface area (Å²) in [6.45, 7) is 5.36. The van der Waals surface area contributed by atoms with Gasteiger partial charge < -0.3 is 19.5 Å². The van der Waals surface area contributed by atoms with Gasteiger partial charge in [0.1, 0.15) is 18.5 Å². The quantitative estimate of drug-likeness (QED) is 0.623. The predicted octanol–water partition coefficient (Wildman–Crippen LogP) is 3.36. The Balaban J connectivity index is 1.88. The third-order valence-electron chi connectivity index (χ3n) is 4.16. The molecule has 2 N–H and O–H groups in total. The van der Waals surface area contributed by atoms with Crippen LogP contribution in [0.25, 0.3) is 22.8 Å². The largest absolute Gasteiger partial charge is 0.489 e. The molecule has 2 heterocycles. The van der Waals surface area contributed by atoms with E-state index in [2.05, 4.69) is 15.1 Å². The standard InChI is InChI=1S/C20H22ClN3O4/c1-4-15-7-14(6-12(3)22-15)20-23-19(24-28-20)13-5-11(2)18(17(21)8-13)27-10-16(26)9-25/h5-8,16,25-26H,4,9-10H2,1-3H3/t16-/m0/s1. The van der Waals surface area contributed by atoms with Crippen molar-refractivity contribution in [2.24, 2.45) is 0 Å². The van der Waals surface area contributed by atoms with E-state index in [0.29, 0.717) is 28.1 Å². The molecule has 148 valence electrons. The highest BCUT2D eigenvalue weighted by atomic mass is 35.5. The predicted molar refractivity (Wildman–Crippen MR) is 105 cm³/mol. The molecule has 1 aromatic carbocycles. The maximum atomic E-state index is 9.45. The minimum absolute atomic E-state index is 0.0517. The number of aromatic nitrogens is 3. The smallest absolute Gasteiger partial charge is 0.258 e. The number of hydrogen-bond acceptors (Lipinski definition) is 7. The summed E-state index contributed by atoms with van der Waals surface area (Å²) in [7, 11) is 0. The van der Waals surface area contributed by atoms with Crippen LogP contribution in [0.1, 0.15) is 23.9 Å². The zero-order valence-corrected chi connectivity index (χ0v) is 16.7. The van der Waals surface area contributed by atoms with E-state index in [1.807, 2.05) is 39.0 Å². The van der Waals surface area contributed by atoms with Gasteiger partial charge in [-0.3, -0.25) is 4.98 Å². The van der Waals surface area contributed by atoms with Crippen molar-refractivity contribution in [2.75, 3.05) is 13.2 Å².